The number of nitrogens with zero attached hydrogens (tertiary/aromatic N) is 1. The third kappa shape index (κ3) is 3.96. The summed E-state index contributed by atoms with van der Waals surface area (Å²) in [7, 11) is 2.29. The minimum Gasteiger partial charge on any atom is -0.312 e. The van der Waals surface area contributed by atoms with Crippen LogP contribution in [0.4, 0.5) is 0 Å². The van der Waals surface area contributed by atoms with Crippen molar-refractivity contribution >= 4 is 0 Å². The molecule has 2 saturated carbocycles. The Morgan fingerprint density at radius 2 is 2.00 bits per heavy atom. The molecule has 2 heteroatoms. The van der Waals surface area contributed by atoms with E-state index < -0.39 is 0 Å². The van der Waals surface area contributed by atoms with Crippen molar-refractivity contribution in [3.8, 4) is 0 Å². The molecule has 2 aliphatic carbocycles. The molecular formula is C15H30N2. The minimum absolute atomic E-state index is 0.557. The van der Waals surface area contributed by atoms with Gasteiger partial charge in [0.1, 0.15) is 0 Å². The zero-order valence-electron chi connectivity index (χ0n) is 12.1. The maximum atomic E-state index is 3.80. The second-order valence-corrected chi connectivity index (χ2v) is 7.11. The van der Waals surface area contributed by atoms with Crippen molar-refractivity contribution in [2.75, 3.05) is 13.6 Å². The molecule has 0 heterocycles. The van der Waals surface area contributed by atoms with Crippen molar-refractivity contribution < 1.29 is 0 Å². The molecule has 0 aromatic rings. The number of hydrogen-bond acceptors (Lipinski definition) is 2. The molecular weight excluding hydrogens is 208 g/mol. The van der Waals surface area contributed by atoms with Crippen molar-refractivity contribution in [2.45, 2.75) is 77.4 Å². The Hall–Kier alpha value is -0.0800. The lowest BCUT2D eigenvalue weighted by atomic mass is 9.75. The van der Waals surface area contributed by atoms with E-state index in [9.17, 15) is 0 Å². The standard InChI is InChI=1S/C15H30N2/c1-12(17(4)14-7-8-14)11-16-13-6-5-9-15(2,3)10-13/h12-14,16H,5-11H2,1-4H3. The van der Waals surface area contributed by atoms with E-state index in [-0.39, 0.29) is 0 Å². The zero-order valence-corrected chi connectivity index (χ0v) is 12.1. The molecule has 2 atom stereocenters. The van der Waals surface area contributed by atoms with Crippen molar-refractivity contribution in [2.24, 2.45) is 5.41 Å². The van der Waals surface area contributed by atoms with Crippen molar-refractivity contribution in [1.82, 2.24) is 10.2 Å². The maximum absolute atomic E-state index is 3.80. The summed E-state index contributed by atoms with van der Waals surface area (Å²) in [4.78, 5) is 2.56. The molecule has 100 valence electrons. The minimum atomic E-state index is 0.557. The lowest BCUT2D eigenvalue weighted by Gasteiger charge is -2.37. The normalized spacial score (nSPS) is 30.5. The van der Waals surface area contributed by atoms with E-state index in [1.54, 1.807) is 0 Å². The molecule has 2 fully saturated rings. The Balaban J connectivity index is 1.70. The van der Waals surface area contributed by atoms with Crippen LogP contribution in [-0.2, 0) is 0 Å². The molecule has 0 aliphatic heterocycles. The summed E-state index contributed by atoms with van der Waals surface area (Å²) in [6.45, 7) is 8.36. The first-order valence-electron chi connectivity index (χ1n) is 7.43. The third-order valence-corrected chi connectivity index (χ3v) is 4.73. The highest BCUT2D eigenvalue weighted by atomic mass is 15.2. The average molecular weight is 238 g/mol. The van der Waals surface area contributed by atoms with Gasteiger partial charge in [-0.1, -0.05) is 20.3 Å². The van der Waals surface area contributed by atoms with Crippen molar-refractivity contribution in [3.63, 3.8) is 0 Å². The summed E-state index contributed by atoms with van der Waals surface area (Å²) < 4.78 is 0. The van der Waals surface area contributed by atoms with E-state index in [0.717, 1.165) is 18.6 Å². The van der Waals surface area contributed by atoms with Crippen LogP contribution in [0.15, 0.2) is 0 Å². The summed E-state index contributed by atoms with van der Waals surface area (Å²) in [6, 6.07) is 2.33. The van der Waals surface area contributed by atoms with E-state index in [2.05, 4.69) is 38.0 Å². The number of likely N-dealkylation sites (N-methyl/N-ethyl adjacent to an activating group) is 1. The van der Waals surface area contributed by atoms with Crippen molar-refractivity contribution in [3.05, 3.63) is 0 Å². The fourth-order valence-electron chi connectivity index (χ4n) is 3.20. The topological polar surface area (TPSA) is 15.3 Å². The van der Waals surface area contributed by atoms with E-state index in [1.165, 1.54) is 38.5 Å². The van der Waals surface area contributed by atoms with Gasteiger partial charge in [-0.15, -0.1) is 0 Å². The lowest BCUT2D eigenvalue weighted by Crippen LogP contribution is -2.45. The van der Waals surface area contributed by atoms with Gasteiger partial charge in [0.2, 0.25) is 0 Å². The number of nitrogens with one attached hydrogen (secondary N) is 1. The molecule has 2 unspecified atom stereocenters. The van der Waals surface area contributed by atoms with Gasteiger partial charge in [-0.2, -0.15) is 0 Å². The second-order valence-electron chi connectivity index (χ2n) is 7.11. The summed E-state index contributed by atoms with van der Waals surface area (Å²) >= 11 is 0. The average Bonchev–Trinajstić information content (AvgIpc) is 3.07. The molecule has 0 aromatic carbocycles. The van der Waals surface area contributed by atoms with Gasteiger partial charge < -0.3 is 5.32 Å². The van der Waals surface area contributed by atoms with Gasteiger partial charge in [0.15, 0.2) is 0 Å². The summed E-state index contributed by atoms with van der Waals surface area (Å²) in [5.74, 6) is 0. The van der Waals surface area contributed by atoms with Crippen LogP contribution >= 0.6 is 0 Å². The van der Waals surface area contributed by atoms with Gasteiger partial charge in [0, 0.05) is 24.7 Å². The first-order chi connectivity index (χ1) is 7.98. The molecule has 0 saturated heterocycles. The monoisotopic (exact) mass is 238 g/mol. The number of hydrogen-bond donors (Lipinski definition) is 1. The lowest BCUT2D eigenvalue weighted by molar-refractivity contribution is 0.180. The third-order valence-electron chi connectivity index (χ3n) is 4.73. The van der Waals surface area contributed by atoms with E-state index >= 15 is 0 Å². The van der Waals surface area contributed by atoms with Gasteiger partial charge in [-0.3, -0.25) is 4.90 Å². The Labute approximate surface area is 107 Å². The van der Waals surface area contributed by atoms with Gasteiger partial charge in [-0.25, -0.2) is 0 Å². The summed E-state index contributed by atoms with van der Waals surface area (Å²) in [6.07, 6.45) is 8.37. The smallest absolute Gasteiger partial charge is 0.0192 e. The molecule has 2 rings (SSSR count). The second kappa shape index (κ2) is 5.27. The van der Waals surface area contributed by atoms with Crippen LogP contribution in [0.2, 0.25) is 0 Å². The molecule has 0 spiro atoms. The highest BCUT2D eigenvalue weighted by Gasteiger charge is 2.31. The predicted molar refractivity (Wildman–Crippen MR) is 74.3 cm³/mol. The Morgan fingerprint density at radius 3 is 2.59 bits per heavy atom. The molecule has 2 aliphatic rings. The van der Waals surface area contributed by atoms with Gasteiger partial charge in [0.25, 0.3) is 0 Å². The first-order valence-corrected chi connectivity index (χ1v) is 7.43. The highest BCUT2D eigenvalue weighted by molar-refractivity contribution is 4.88. The molecule has 0 bridgehead atoms. The zero-order chi connectivity index (χ0) is 12.5. The van der Waals surface area contributed by atoms with Crippen LogP contribution in [0, 0.1) is 5.41 Å². The van der Waals surface area contributed by atoms with Gasteiger partial charge >= 0.3 is 0 Å². The fourth-order valence-corrected chi connectivity index (χ4v) is 3.20. The van der Waals surface area contributed by atoms with Crippen LogP contribution in [0.3, 0.4) is 0 Å². The Kier molecular flexibility index (Phi) is 4.14. The molecule has 1 N–H and O–H groups in total. The van der Waals surface area contributed by atoms with Crippen LogP contribution in [0.1, 0.15) is 59.3 Å². The van der Waals surface area contributed by atoms with Crippen molar-refractivity contribution in [1.29, 1.82) is 0 Å². The summed E-state index contributed by atoms with van der Waals surface area (Å²) in [5.41, 5.74) is 0.557. The fraction of sp³-hybridized carbons (Fsp3) is 1.00. The van der Waals surface area contributed by atoms with E-state index in [0.29, 0.717) is 11.5 Å². The maximum Gasteiger partial charge on any atom is 0.0192 e. The SMILES string of the molecule is CC(CNC1CCCC(C)(C)C1)N(C)C1CC1. The van der Waals surface area contributed by atoms with Crippen LogP contribution in [-0.4, -0.2) is 36.6 Å². The molecule has 0 amide bonds. The van der Waals surface area contributed by atoms with Gasteiger partial charge in [-0.05, 0) is 51.5 Å². The Morgan fingerprint density at radius 1 is 1.29 bits per heavy atom. The first kappa shape index (κ1) is 13.4. The predicted octanol–water partition coefficient (Wildman–Crippen LogP) is 3.03. The van der Waals surface area contributed by atoms with Crippen LogP contribution in [0.25, 0.3) is 0 Å². The largest absolute Gasteiger partial charge is 0.312 e. The number of rotatable bonds is 5. The van der Waals surface area contributed by atoms with Gasteiger partial charge in [0.05, 0.1) is 0 Å². The van der Waals surface area contributed by atoms with E-state index in [4.69, 9.17) is 0 Å². The van der Waals surface area contributed by atoms with Crippen LogP contribution in [0.5, 0.6) is 0 Å². The summed E-state index contributed by atoms with van der Waals surface area (Å²) in [5, 5.41) is 3.80. The molecule has 0 aromatic heterocycles. The molecule has 2 nitrogen and oxygen atoms in total. The molecule has 17 heavy (non-hydrogen) atoms. The molecule has 0 radical (unpaired) electrons. The van der Waals surface area contributed by atoms with E-state index in [1.807, 2.05) is 0 Å². The van der Waals surface area contributed by atoms with Crippen LogP contribution < -0.4 is 5.32 Å². The Bertz CT molecular complexity index is 245. The highest BCUT2D eigenvalue weighted by Crippen LogP contribution is 2.35. The quantitative estimate of drug-likeness (QED) is 0.792.